The Hall–Kier alpha value is -1.90. The van der Waals surface area contributed by atoms with Crippen molar-refractivity contribution in [3.05, 3.63) is 36.5 Å². The topological polar surface area (TPSA) is 43.2 Å². The molecule has 2 N–H and O–H groups in total. The highest BCUT2D eigenvalue weighted by Crippen LogP contribution is 2.12. The molecule has 1 aromatic heterocycles. The average Bonchev–Trinajstić information content (AvgIpc) is 2.17. The number of amides is 1. The fourth-order valence-corrected chi connectivity index (χ4v) is 1.39. The summed E-state index contributed by atoms with van der Waals surface area (Å²) in [6.07, 6.45) is 1.78. The van der Waals surface area contributed by atoms with Gasteiger partial charge >= 0.3 is 0 Å². The number of rotatable bonds is 1. The maximum Gasteiger partial charge on any atom is 0.221 e. The van der Waals surface area contributed by atoms with E-state index in [1.54, 1.807) is 6.20 Å². The predicted octanol–water partition coefficient (Wildman–Crippen LogP) is 1.61. The quantitative estimate of drug-likeness (QED) is 0.724. The highest BCUT2D eigenvalue weighted by molar-refractivity contribution is 5.90. The van der Waals surface area contributed by atoms with Crippen LogP contribution >= 0.6 is 0 Å². The number of carbonyl (C=O) groups is 1. The molecule has 0 fully saturated rings. The lowest BCUT2D eigenvalue weighted by atomic mass is 10.2. The van der Waals surface area contributed by atoms with Crippen LogP contribution in [-0.2, 0) is 4.79 Å². The van der Waals surface area contributed by atoms with Gasteiger partial charge in [0.2, 0.25) is 11.4 Å². The molecule has 0 bridgehead atoms. The predicted molar refractivity (Wildman–Crippen MR) is 54.8 cm³/mol. The number of aromatic amines is 1. The van der Waals surface area contributed by atoms with E-state index in [0.29, 0.717) is 0 Å². The molecule has 0 aliphatic rings. The van der Waals surface area contributed by atoms with Crippen LogP contribution in [0.1, 0.15) is 6.92 Å². The van der Waals surface area contributed by atoms with E-state index in [0.717, 1.165) is 16.6 Å². The second-order valence-electron chi connectivity index (χ2n) is 3.16. The van der Waals surface area contributed by atoms with E-state index >= 15 is 0 Å². The molecule has 2 rings (SSSR count). The molecule has 3 heteroatoms. The van der Waals surface area contributed by atoms with Gasteiger partial charge in [0.15, 0.2) is 6.20 Å². The van der Waals surface area contributed by atoms with Gasteiger partial charge in [0.05, 0.1) is 0 Å². The van der Waals surface area contributed by atoms with Crippen LogP contribution in [0.2, 0.25) is 0 Å². The van der Waals surface area contributed by atoms with Crippen LogP contribution in [0.3, 0.4) is 0 Å². The summed E-state index contributed by atoms with van der Waals surface area (Å²) in [6.45, 7) is 1.50. The lowest BCUT2D eigenvalue weighted by molar-refractivity contribution is -0.343. The fourth-order valence-electron chi connectivity index (χ4n) is 1.39. The molecule has 0 spiro atoms. The Balaban J connectivity index is 2.46. The Kier molecular flexibility index (Phi) is 2.14. The zero-order chi connectivity index (χ0) is 9.97. The Labute approximate surface area is 81.8 Å². The molecule has 2 aromatic rings. The summed E-state index contributed by atoms with van der Waals surface area (Å²) in [5.41, 5.74) is 1.85. The molecule has 3 nitrogen and oxygen atoms in total. The number of fused-ring (bicyclic) bond motifs is 1. The second kappa shape index (κ2) is 3.46. The molecule has 0 atom stereocenters. The van der Waals surface area contributed by atoms with Gasteiger partial charge in [-0.1, -0.05) is 12.1 Å². The standard InChI is InChI=1S/C11H10N2O/c1-8(14)13-10-6-9-4-2-3-5-11(9)12-7-10/h2-7H,1H3,(H,13,14)/p+1. The van der Waals surface area contributed by atoms with Crippen LogP contribution in [-0.4, -0.2) is 5.91 Å². The lowest BCUT2D eigenvalue weighted by Gasteiger charge is -1.98. The number of nitrogens with one attached hydrogen (secondary N) is 2. The van der Waals surface area contributed by atoms with Crippen LogP contribution in [0, 0.1) is 0 Å². The Bertz CT molecular complexity index is 479. The Morgan fingerprint density at radius 2 is 2.14 bits per heavy atom. The van der Waals surface area contributed by atoms with Crippen LogP contribution in [0.4, 0.5) is 5.69 Å². The molecule has 0 saturated carbocycles. The smallest absolute Gasteiger partial charge is 0.221 e. The molecule has 0 radical (unpaired) electrons. The number of carbonyl (C=O) groups excluding carboxylic acids is 1. The van der Waals surface area contributed by atoms with Gasteiger partial charge in [0.1, 0.15) is 5.69 Å². The third-order valence-corrected chi connectivity index (χ3v) is 1.98. The maximum atomic E-state index is 10.8. The van der Waals surface area contributed by atoms with Crippen molar-refractivity contribution in [2.75, 3.05) is 5.32 Å². The molecule has 0 unspecified atom stereocenters. The SMILES string of the molecule is CC(=O)Nc1c[nH+]c2ccccc2c1. The summed E-state index contributed by atoms with van der Waals surface area (Å²) >= 11 is 0. The second-order valence-corrected chi connectivity index (χ2v) is 3.16. The minimum Gasteiger partial charge on any atom is -0.321 e. The summed E-state index contributed by atoms with van der Waals surface area (Å²) in [7, 11) is 0. The fraction of sp³-hybridized carbons (Fsp3) is 0.0909. The number of anilines is 1. The van der Waals surface area contributed by atoms with Crippen LogP contribution in [0.5, 0.6) is 0 Å². The minimum absolute atomic E-state index is 0.0614. The maximum absolute atomic E-state index is 10.8. The molecule has 1 heterocycles. The van der Waals surface area contributed by atoms with Gasteiger partial charge < -0.3 is 5.32 Å². The molecular weight excluding hydrogens is 176 g/mol. The molecule has 0 saturated heterocycles. The largest absolute Gasteiger partial charge is 0.321 e. The van der Waals surface area contributed by atoms with Crippen molar-refractivity contribution in [1.82, 2.24) is 0 Å². The molecule has 0 aliphatic heterocycles. The van der Waals surface area contributed by atoms with Gasteiger partial charge in [0.25, 0.3) is 0 Å². The van der Waals surface area contributed by atoms with Gasteiger partial charge in [-0.15, -0.1) is 0 Å². The monoisotopic (exact) mass is 187 g/mol. The molecule has 70 valence electrons. The molecule has 1 amide bonds. The summed E-state index contributed by atoms with van der Waals surface area (Å²) in [4.78, 5) is 13.9. The van der Waals surface area contributed by atoms with Crippen molar-refractivity contribution in [2.45, 2.75) is 6.92 Å². The van der Waals surface area contributed by atoms with Crippen LogP contribution in [0.25, 0.3) is 10.9 Å². The molecule has 0 aliphatic carbocycles. The number of hydrogen-bond acceptors (Lipinski definition) is 1. The van der Waals surface area contributed by atoms with E-state index in [1.807, 2.05) is 30.3 Å². The first kappa shape index (κ1) is 8.69. The number of benzene rings is 1. The summed E-state index contributed by atoms with van der Waals surface area (Å²) in [6, 6.07) is 9.86. The Morgan fingerprint density at radius 3 is 2.93 bits per heavy atom. The number of para-hydroxylation sites is 1. The van der Waals surface area contributed by atoms with Crippen molar-refractivity contribution in [3.63, 3.8) is 0 Å². The van der Waals surface area contributed by atoms with Crippen LogP contribution in [0.15, 0.2) is 36.5 Å². The number of hydrogen-bond donors (Lipinski definition) is 1. The molecule has 14 heavy (non-hydrogen) atoms. The van der Waals surface area contributed by atoms with Gasteiger partial charge in [-0.25, -0.2) is 4.98 Å². The van der Waals surface area contributed by atoms with E-state index in [1.165, 1.54) is 6.92 Å². The van der Waals surface area contributed by atoms with Gasteiger partial charge in [-0.05, 0) is 12.1 Å². The van der Waals surface area contributed by atoms with Crippen molar-refractivity contribution >= 4 is 22.5 Å². The highest BCUT2D eigenvalue weighted by atomic mass is 16.1. The first-order valence-corrected chi connectivity index (χ1v) is 4.44. The number of H-pyrrole nitrogens is 1. The molecule has 1 aromatic carbocycles. The van der Waals surface area contributed by atoms with E-state index in [9.17, 15) is 4.79 Å². The highest BCUT2D eigenvalue weighted by Gasteiger charge is 2.02. The minimum atomic E-state index is -0.0614. The lowest BCUT2D eigenvalue weighted by Crippen LogP contribution is -2.10. The normalized spacial score (nSPS) is 10.1. The summed E-state index contributed by atoms with van der Waals surface area (Å²) < 4.78 is 0. The van der Waals surface area contributed by atoms with Crippen molar-refractivity contribution in [2.24, 2.45) is 0 Å². The van der Waals surface area contributed by atoms with Gasteiger partial charge in [0, 0.05) is 18.4 Å². The van der Waals surface area contributed by atoms with E-state index in [-0.39, 0.29) is 5.91 Å². The summed E-state index contributed by atoms with van der Waals surface area (Å²) in [5, 5.41) is 3.81. The van der Waals surface area contributed by atoms with Crippen LogP contribution < -0.4 is 10.3 Å². The van der Waals surface area contributed by atoms with E-state index in [2.05, 4.69) is 10.3 Å². The van der Waals surface area contributed by atoms with Crippen molar-refractivity contribution in [3.8, 4) is 0 Å². The number of pyridine rings is 1. The first-order valence-electron chi connectivity index (χ1n) is 4.44. The first-order chi connectivity index (χ1) is 6.75. The third-order valence-electron chi connectivity index (χ3n) is 1.98. The van der Waals surface area contributed by atoms with E-state index < -0.39 is 0 Å². The zero-order valence-electron chi connectivity index (χ0n) is 7.87. The van der Waals surface area contributed by atoms with Gasteiger partial charge in [-0.3, -0.25) is 4.79 Å². The number of aromatic nitrogens is 1. The van der Waals surface area contributed by atoms with E-state index in [4.69, 9.17) is 0 Å². The average molecular weight is 187 g/mol. The molecular formula is C11H11N2O+. The Morgan fingerprint density at radius 1 is 1.36 bits per heavy atom. The van der Waals surface area contributed by atoms with Crippen molar-refractivity contribution in [1.29, 1.82) is 0 Å². The van der Waals surface area contributed by atoms with Gasteiger partial charge in [-0.2, -0.15) is 0 Å². The summed E-state index contributed by atoms with van der Waals surface area (Å²) in [5.74, 6) is -0.0614. The van der Waals surface area contributed by atoms with Crippen molar-refractivity contribution < 1.29 is 9.78 Å². The third kappa shape index (κ3) is 1.71. The zero-order valence-corrected chi connectivity index (χ0v) is 7.87.